The number of thiophene rings is 2. The van der Waals surface area contributed by atoms with Crippen LogP contribution in [0.1, 0.15) is 15.4 Å². The van der Waals surface area contributed by atoms with Crippen molar-refractivity contribution in [1.29, 1.82) is 0 Å². The van der Waals surface area contributed by atoms with Gasteiger partial charge in [-0.1, -0.05) is 6.07 Å². The molecule has 0 aliphatic rings. The second kappa shape index (κ2) is 7.35. The summed E-state index contributed by atoms with van der Waals surface area (Å²) in [5, 5.41) is 4.74. The Kier molecular flexibility index (Phi) is 5.21. The standard InChI is InChI=1S/C14H10BrN3O2S3/c15-11-4-3-9(23-11)13(20)18-17-12(19)6-8-7-22-14(16-8)10-2-1-5-21-10/h1-5,7H,6H2,(H,17,19)(H,18,20). The fourth-order valence-electron chi connectivity index (χ4n) is 1.73. The van der Waals surface area contributed by atoms with Gasteiger partial charge in [0, 0.05) is 5.38 Å². The van der Waals surface area contributed by atoms with E-state index >= 15 is 0 Å². The summed E-state index contributed by atoms with van der Waals surface area (Å²) in [5.41, 5.74) is 5.48. The molecule has 0 unspecified atom stereocenters. The Hall–Kier alpha value is -1.55. The van der Waals surface area contributed by atoms with Gasteiger partial charge in [-0.05, 0) is 39.5 Å². The third-order valence-electron chi connectivity index (χ3n) is 2.74. The van der Waals surface area contributed by atoms with E-state index < -0.39 is 0 Å². The summed E-state index contributed by atoms with van der Waals surface area (Å²) in [7, 11) is 0. The van der Waals surface area contributed by atoms with Crippen molar-refractivity contribution in [1.82, 2.24) is 15.8 Å². The van der Waals surface area contributed by atoms with E-state index in [4.69, 9.17) is 0 Å². The molecule has 3 rings (SSSR count). The summed E-state index contributed by atoms with van der Waals surface area (Å²) in [5.74, 6) is -0.649. The third-order valence-corrected chi connectivity index (χ3v) is 6.29. The zero-order chi connectivity index (χ0) is 16.2. The molecule has 3 aromatic heterocycles. The van der Waals surface area contributed by atoms with Crippen LogP contribution in [0.25, 0.3) is 9.88 Å². The Morgan fingerprint density at radius 1 is 1.17 bits per heavy atom. The Morgan fingerprint density at radius 3 is 2.74 bits per heavy atom. The van der Waals surface area contributed by atoms with E-state index in [1.807, 2.05) is 22.9 Å². The van der Waals surface area contributed by atoms with E-state index in [1.54, 1.807) is 23.5 Å². The maximum absolute atomic E-state index is 11.9. The van der Waals surface area contributed by atoms with Crippen LogP contribution in [-0.2, 0) is 11.2 Å². The summed E-state index contributed by atoms with van der Waals surface area (Å²) < 4.78 is 0.859. The molecule has 9 heteroatoms. The maximum atomic E-state index is 11.9. The molecular formula is C14H10BrN3O2S3. The molecule has 5 nitrogen and oxygen atoms in total. The average Bonchev–Trinajstić information content (AvgIpc) is 3.25. The highest BCUT2D eigenvalue weighted by molar-refractivity contribution is 9.11. The third kappa shape index (κ3) is 4.25. The fraction of sp³-hybridized carbons (Fsp3) is 0.0714. The lowest BCUT2D eigenvalue weighted by atomic mass is 10.3. The summed E-state index contributed by atoms with van der Waals surface area (Å²) >= 11 is 7.70. The second-order valence-corrected chi connectivity index (χ2v) is 8.67. The molecule has 23 heavy (non-hydrogen) atoms. The minimum Gasteiger partial charge on any atom is -0.273 e. The van der Waals surface area contributed by atoms with Crippen molar-refractivity contribution in [2.75, 3.05) is 0 Å². The molecule has 0 spiro atoms. The van der Waals surface area contributed by atoms with Gasteiger partial charge < -0.3 is 0 Å². The lowest BCUT2D eigenvalue weighted by Gasteiger charge is -2.04. The van der Waals surface area contributed by atoms with Crippen LogP contribution < -0.4 is 10.9 Å². The highest BCUT2D eigenvalue weighted by Gasteiger charge is 2.12. The topological polar surface area (TPSA) is 71.1 Å². The summed E-state index contributed by atoms with van der Waals surface area (Å²) in [6, 6.07) is 7.42. The number of hydrogen-bond donors (Lipinski definition) is 2. The first kappa shape index (κ1) is 16.3. The van der Waals surface area contributed by atoms with Crippen LogP contribution in [0.3, 0.4) is 0 Å². The lowest BCUT2D eigenvalue weighted by molar-refractivity contribution is -0.121. The van der Waals surface area contributed by atoms with Crippen molar-refractivity contribution in [2.45, 2.75) is 6.42 Å². The first-order valence-electron chi connectivity index (χ1n) is 6.44. The van der Waals surface area contributed by atoms with Crippen molar-refractivity contribution < 1.29 is 9.59 Å². The van der Waals surface area contributed by atoms with Gasteiger partial charge in [0.1, 0.15) is 5.01 Å². The average molecular weight is 428 g/mol. The van der Waals surface area contributed by atoms with E-state index in [9.17, 15) is 9.59 Å². The number of carbonyl (C=O) groups excluding carboxylic acids is 2. The number of halogens is 1. The molecular weight excluding hydrogens is 418 g/mol. The molecule has 0 radical (unpaired) electrons. The number of hydrazine groups is 1. The molecule has 2 amide bonds. The van der Waals surface area contributed by atoms with Gasteiger partial charge in [-0.15, -0.1) is 34.0 Å². The van der Waals surface area contributed by atoms with Crippen LogP contribution in [0.15, 0.2) is 38.8 Å². The Labute approximate surface area is 152 Å². The van der Waals surface area contributed by atoms with Gasteiger partial charge in [-0.2, -0.15) is 0 Å². The molecule has 0 aliphatic heterocycles. The minimum atomic E-state index is -0.341. The zero-order valence-corrected chi connectivity index (χ0v) is 15.6. The first-order chi connectivity index (χ1) is 11.1. The largest absolute Gasteiger partial charge is 0.279 e. The molecule has 0 fully saturated rings. The number of nitrogens with zero attached hydrogens (tertiary/aromatic N) is 1. The van der Waals surface area contributed by atoms with E-state index in [-0.39, 0.29) is 18.2 Å². The predicted octanol–water partition coefficient (Wildman–Crippen LogP) is 3.70. The molecule has 0 bridgehead atoms. The van der Waals surface area contributed by atoms with Crippen molar-refractivity contribution in [2.24, 2.45) is 0 Å². The van der Waals surface area contributed by atoms with Gasteiger partial charge in [0.15, 0.2) is 0 Å². The molecule has 118 valence electrons. The van der Waals surface area contributed by atoms with E-state index in [0.717, 1.165) is 13.7 Å². The molecule has 0 saturated carbocycles. The highest BCUT2D eigenvalue weighted by atomic mass is 79.9. The molecule has 0 aliphatic carbocycles. The molecule has 3 aromatic rings. The molecule has 3 heterocycles. The summed E-state index contributed by atoms with van der Waals surface area (Å²) in [6.07, 6.45) is 0.121. The quantitative estimate of drug-likeness (QED) is 0.623. The van der Waals surface area contributed by atoms with Gasteiger partial charge in [0.05, 0.1) is 25.7 Å². The van der Waals surface area contributed by atoms with E-state index in [2.05, 4.69) is 31.8 Å². The van der Waals surface area contributed by atoms with Crippen molar-refractivity contribution in [3.8, 4) is 9.88 Å². The Bertz CT molecular complexity index is 826. The lowest BCUT2D eigenvalue weighted by Crippen LogP contribution is -2.42. The number of nitrogens with one attached hydrogen (secondary N) is 2. The monoisotopic (exact) mass is 427 g/mol. The smallest absolute Gasteiger partial charge is 0.273 e. The number of carbonyl (C=O) groups is 2. The normalized spacial score (nSPS) is 10.5. The number of hydrogen-bond acceptors (Lipinski definition) is 6. The zero-order valence-electron chi connectivity index (χ0n) is 11.5. The van der Waals surface area contributed by atoms with E-state index in [1.165, 1.54) is 22.7 Å². The van der Waals surface area contributed by atoms with Crippen LogP contribution in [-0.4, -0.2) is 16.8 Å². The second-order valence-electron chi connectivity index (χ2n) is 4.40. The van der Waals surface area contributed by atoms with Crippen molar-refractivity contribution in [3.63, 3.8) is 0 Å². The molecule has 0 saturated heterocycles. The van der Waals surface area contributed by atoms with Gasteiger partial charge in [0.2, 0.25) is 5.91 Å². The van der Waals surface area contributed by atoms with Gasteiger partial charge in [-0.3, -0.25) is 20.4 Å². The highest BCUT2D eigenvalue weighted by Crippen LogP contribution is 2.27. The Morgan fingerprint density at radius 2 is 2.04 bits per heavy atom. The Balaban J connectivity index is 1.52. The molecule has 0 aromatic carbocycles. The van der Waals surface area contributed by atoms with Crippen LogP contribution in [0.5, 0.6) is 0 Å². The summed E-state index contributed by atoms with van der Waals surface area (Å²) in [4.78, 5) is 29.7. The number of thiazole rings is 1. The molecule has 2 N–H and O–H groups in total. The number of amides is 2. The van der Waals surface area contributed by atoms with Gasteiger partial charge in [-0.25, -0.2) is 4.98 Å². The minimum absolute atomic E-state index is 0.121. The van der Waals surface area contributed by atoms with E-state index in [0.29, 0.717) is 10.6 Å². The fourth-order valence-corrected chi connectivity index (χ4v) is 4.65. The van der Waals surface area contributed by atoms with Gasteiger partial charge >= 0.3 is 0 Å². The van der Waals surface area contributed by atoms with Crippen LogP contribution in [0.4, 0.5) is 0 Å². The predicted molar refractivity (Wildman–Crippen MR) is 96.8 cm³/mol. The summed E-state index contributed by atoms with van der Waals surface area (Å²) in [6.45, 7) is 0. The molecule has 0 atom stereocenters. The van der Waals surface area contributed by atoms with Crippen LogP contribution >= 0.6 is 49.9 Å². The van der Waals surface area contributed by atoms with Crippen LogP contribution in [0, 0.1) is 0 Å². The first-order valence-corrected chi connectivity index (χ1v) is 9.81. The van der Waals surface area contributed by atoms with Crippen LogP contribution in [0.2, 0.25) is 0 Å². The number of aromatic nitrogens is 1. The number of rotatable bonds is 4. The van der Waals surface area contributed by atoms with Crippen molar-refractivity contribution in [3.05, 3.63) is 49.4 Å². The SMILES string of the molecule is O=C(Cc1csc(-c2cccs2)n1)NNC(=O)c1ccc(Br)s1. The van der Waals surface area contributed by atoms with Gasteiger partial charge in [0.25, 0.3) is 5.91 Å². The van der Waals surface area contributed by atoms with Crippen molar-refractivity contribution >= 4 is 61.8 Å². The maximum Gasteiger partial charge on any atom is 0.279 e.